The minimum atomic E-state index is -3.30. The quantitative estimate of drug-likeness (QED) is 0.729. The van der Waals surface area contributed by atoms with Gasteiger partial charge in [-0.05, 0) is 18.2 Å². The van der Waals surface area contributed by atoms with Crippen LogP contribution in [0.1, 0.15) is 0 Å². The van der Waals surface area contributed by atoms with Crippen LogP contribution in [0, 0.1) is 5.92 Å². The molecule has 6 nitrogen and oxygen atoms in total. The molecule has 1 amide bonds. The molecule has 1 aliphatic rings. The summed E-state index contributed by atoms with van der Waals surface area (Å²) in [6.07, 6.45) is 1.08. The lowest BCUT2D eigenvalue weighted by molar-refractivity contribution is -0.121. The first-order valence-corrected chi connectivity index (χ1v) is 7.42. The molecular weight excluding hydrogens is 254 g/mol. The fourth-order valence-corrected chi connectivity index (χ4v) is 2.15. The van der Waals surface area contributed by atoms with Crippen LogP contribution in [0.15, 0.2) is 24.3 Å². The van der Waals surface area contributed by atoms with Gasteiger partial charge in [-0.1, -0.05) is 6.07 Å². The summed E-state index contributed by atoms with van der Waals surface area (Å²) in [4.78, 5) is 11.7. The Kier molecular flexibility index (Phi) is 3.53. The van der Waals surface area contributed by atoms with E-state index in [4.69, 9.17) is 0 Å². The third-order valence-corrected chi connectivity index (χ3v) is 3.19. The van der Waals surface area contributed by atoms with Crippen LogP contribution in [0.3, 0.4) is 0 Å². The normalized spacial score (nSPS) is 15.8. The molecule has 18 heavy (non-hydrogen) atoms. The zero-order chi connectivity index (χ0) is 13.2. The molecule has 2 rings (SSSR count). The number of nitrogens with one attached hydrogen (secondary N) is 3. The molecule has 0 bridgehead atoms. The fraction of sp³-hybridized carbons (Fsp3) is 0.364. The lowest BCUT2D eigenvalue weighted by Crippen LogP contribution is -2.48. The van der Waals surface area contributed by atoms with Crippen molar-refractivity contribution in [1.29, 1.82) is 0 Å². The molecule has 0 saturated carbocycles. The summed E-state index contributed by atoms with van der Waals surface area (Å²) in [5.74, 6) is -0.0539. The Hall–Kier alpha value is -1.60. The molecule has 3 N–H and O–H groups in total. The second-order valence-corrected chi connectivity index (χ2v) is 6.05. The Labute approximate surface area is 106 Å². The van der Waals surface area contributed by atoms with Crippen molar-refractivity contribution >= 4 is 27.3 Å². The van der Waals surface area contributed by atoms with E-state index in [2.05, 4.69) is 15.4 Å². The standard InChI is InChI=1S/C11H15N3O3S/c1-18(16,17)14-10-4-2-3-9(5-10)13-11(15)8-6-12-7-8/h2-5,8,12,14H,6-7H2,1H3,(H,13,15). The van der Waals surface area contributed by atoms with Crippen molar-refractivity contribution < 1.29 is 13.2 Å². The van der Waals surface area contributed by atoms with E-state index in [0.29, 0.717) is 24.5 Å². The average molecular weight is 269 g/mol. The third-order valence-electron chi connectivity index (χ3n) is 2.59. The minimum absolute atomic E-state index is 0.00322. The maximum absolute atomic E-state index is 11.7. The smallest absolute Gasteiger partial charge is 0.230 e. The first-order chi connectivity index (χ1) is 8.44. The average Bonchev–Trinajstić information content (AvgIpc) is 2.11. The van der Waals surface area contributed by atoms with Gasteiger partial charge in [0.2, 0.25) is 15.9 Å². The van der Waals surface area contributed by atoms with Crippen LogP contribution in [0.25, 0.3) is 0 Å². The number of carbonyl (C=O) groups excluding carboxylic acids is 1. The maximum atomic E-state index is 11.7. The van der Waals surface area contributed by atoms with E-state index in [-0.39, 0.29) is 11.8 Å². The highest BCUT2D eigenvalue weighted by Crippen LogP contribution is 2.17. The van der Waals surface area contributed by atoms with Crippen molar-refractivity contribution in [2.24, 2.45) is 5.92 Å². The molecule has 1 aromatic rings. The van der Waals surface area contributed by atoms with Crippen LogP contribution in [0.5, 0.6) is 0 Å². The highest BCUT2D eigenvalue weighted by atomic mass is 32.2. The molecule has 1 aliphatic heterocycles. The maximum Gasteiger partial charge on any atom is 0.230 e. The molecule has 0 atom stereocenters. The van der Waals surface area contributed by atoms with Crippen molar-refractivity contribution in [2.45, 2.75) is 0 Å². The Morgan fingerprint density at radius 3 is 2.56 bits per heavy atom. The molecule has 0 radical (unpaired) electrons. The number of hydrogen-bond acceptors (Lipinski definition) is 4. The summed E-state index contributed by atoms with van der Waals surface area (Å²) in [5, 5.41) is 5.77. The SMILES string of the molecule is CS(=O)(=O)Nc1cccc(NC(=O)C2CNC2)c1. The van der Waals surface area contributed by atoms with E-state index in [1.807, 2.05) is 0 Å². The molecule has 1 aromatic carbocycles. The van der Waals surface area contributed by atoms with Crippen molar-refractivity contribution in [3.05, 3.63) is 24.3 Å². The van der Waals surface area contributed by atoms with Crippen LogP contribution in [-0.2, 0) is 14.8 Å². The Balaban J connectivity index is 2.04. The number of benzene rings is 1. The van der Waals surface area contributed by atoms with Crippen molar-refractivity contribution in [1.82, 2.24) is 5.32 Å². The minimum Gasteiger partial charge on any atom is -0.326 e. The van der Waals surface area contributed by atoms with E-state index in [9.17, 15) is 13.2 Å². The zero-order valence-electron chi connectivity index (χ0n) is 9.93. The summed E-state index contributed by atoms with van der Waals surface area (Å²) in [7, 11) is -3.30. The largest absolute Gasteiger partial charge is 0.326 e. The van der Waals surface area contributed by atoms with Crippen LogP contribution < -0.4 is 15.4 Å². The molecule has 0 spiro atoms. The fourth-order valence-electron chi connectivity index (χ4n) is 1.59. The Bertz CT molecular complexity index is 552. The molecule has 1 saturated heterocycles. The number of hydrogen-bond donors (Lipinski definition) is 3. The monoisotopic (exact) mass is 269 g/mol. The summed E-state index contributed by atoms with van der Waals surface area (Å²) < 4.78 is 24.5. The number of amides is 1. The molecule has 7 heteroatoms. The van der Waals surface area contributed by atoms with Gasteiger partial charge in [-0.25, -0.2) is 8.42 Å². The second kappa shape index (κ2) is 4.95. The van der Waals surface area contributed by atoms with Crippen LogP contribution in [0.2, 0.25) is 0 Å². The van der Waals surface area contributed by atoms with Crippen LogP contribution in [0.4, 0.5) is 11.4 Å². The predicted molar refractivity (Wildman–Crippen MR) is 69.9 cm³/mol. The van der Waals surface area contributed by atoms with Gasteiger partial charge in [-0.2, -0.15) is 0 Å². The molecule has 0 unspecified atom stereocenters. The van der Waals surface area contributed by atoms with Gasteiger partial charge >= 0.3 is 0 Å². The van der Waals surface area contributed by atoms with E-state index in [1.165, 1.54) is 0 Å². The van der Waals surface area contributed by atoms with E-state index >= 15 is 0 Å². The summed E-state index contributed by atoms with van der Waals surface area (Å²) in [6.45, 7) is 1.38. The van der Waals surface area contributed by atoms with Gasteiger partial charge in [-0.3, -0.25) is 9.52 Å². The third kappa shape index (κ3) is 3.44. The zero-order valence-corrected chi connectivity index (χ0v) is 10.8. The van der Waals surface area contributed by atoms with Gasteiger partial charge in [0.25, 0.3) is 0 Å². The first kappa shape index (κ1) is 12.8. The van der Waals surface area contributed by atoms with Crippen molar-refractivity contribution in [3.8, 4) is 0 Å². The van der Waals surface area contributed by atoms with Gasteiger partial charge in [0.05, 0.1) is 17.9 Å². The van der Waals surface area contributed by atoms with Crippen LogP contribution in [-0.4, -0.2) is 33.7 Å². The van der Waals surface area contributed by atoms with E-state index < -0.39 is 10.0 Å². The van der Waals surface area contributed by atoms with Crippen molar-refractivity contribution in [2.75, 3.05) is 29.4 Å². The molecule has 1 heterocycles. The Morgan fingerprint density at radius 1 is 1.33 bits per heavy atom. The number of anilines is 2. The van der Waals surface area contributed by atoms with Crippen LogP contribution >= 0.6 is 0 Å². The van der Waals surface area contributed by atoms with E-state index in [1.54, 1.807) is 24.3 Å². The molecule has 0 aromatic heterocycles. The number of sulfonamides is 1. The highest BCUT2D eigenvalue weighted by molar-refractivity contribution is 7.92. The molecule has 0 aliphatic carbocycles. The van der Waals surface area contributed by atoms with E-state index in [0.717, 1.165) is 6.26 Å². The number of rotatable bonds is 4. The topological polar surface area (TPSA) is 87.3 Å². The van der Waals surface area contributed by atoms with Gasteiger partial charge in [0.1, 0.15) is 0 Å². The van der Waals surface area contributed by atoms with Gasteiger partial charge in [-0.15, -0.1) is 0 Å². The summed E-state index contributed by atoms with van der Waals surface area (Å²) in [5.41, 5.74) is 1.02. The summed E-state index contributed by atoms with van der Waals surface area (Å²) >= 11 is 0. The van der Waals surface area contributed by atoms with Crippen molar-refractivity contribution in [3.63, 3.8) is 0 Å². The van der Waals surface area contributed by atoms with Gasteiger partial charge in [0, 0.05) is 18.8 Å². The van der Waals surface area contributed by atoms with Gasteiger partial charge in [0.15, 0.2) is 0 Å². The lowest BCUT2D eigenvalue weighted by atomic mass is 10.0. The molecular formula is C11H15N3O3S. The summed E-state index contributed by atoms with van der Waals surface area (Å²) in [6, 6.07) is 6.62. The molecule has 1 fully saturated rings. The predicted octanol–water partition coefficient (Wildman–Crippen LogP) is 0.216. The second-order valence-electron chi connectivity index (χ2n) is 4.30. The highest BCUT2D eigenvalue weighted by Gasteiger charge is 2.24. The number of carbonyl (C=O) groups is 1. The van der Waals surface area contributed by atoms with Gasteiger partial charge < -0.3 is 10.6 Å². The Morgan fingerprint density at radius 2 is 2.00 bits per heavy atom. The molecule has 98 valence electrons. The lowest BCUT2D eigenvalue weighted by Gasteiger charge is -2.25. The first-order valence-electron chi connectivity index (χ1n) is 5.53.